The fraction of sp³-hybridized carbons (Fsp3) is 0.300. The molecular weight excluding hydrogens is 243 g/mol. The highest BCUT2D eigenvalue weighted by molar-refractivity contribution is 7.71. The van der Waals surface area contributed by atoms with Crippen molar-refractivity contribution < 1.29 is 9.13 Å². The number of nitrogens with zero attached hydrogens (tertiary/aromatic N) is 3. The number of hydrogen-bond acceptors (Lipinski definition) is 4. The number of hydrogen-bond donors (Lipinski definition) is 1. The van der Waals surface area contributed by atoms with Crippen LogP contribution in [0.3, 0.4) is 0 Å². The molecule has 0 saturated heterocycles. The van der Waals surface area contributed by atoms with Crippen molar-refractivity contribution in [2.24, 2.45) is 0 Å². The fourth-order valence-electron chi connectivity index (χ4n) is 1.41. The van der Waals surface area contributed by atoms with E-state index in [9.17, 15) is 4.39 Å². The van der Waals surface area contributed by atoms with E-state index in [1.54, 1.807) is 17.7 Å². The Hall–Kier alpha value is -1.60. The van der Waals surface area contributed by atoms with Crippen LogP contribution in [0.2, 0.25) is 0 Å². The number of nitrogens with one attached hydrogen (secondary N) is 1. The Morgan fingerprint density at radius 2 is 2.35 bits per heavy atom. The molecular formula is C10H11FN4OS. The van der Waals surface area contributed by atoms with Gasteiger partial charge in [-0.3, -0.25) is 9.67 Å². The van der Waals surface area contributed by atoms with Gasteiger partial charge in [0.2, 0.25) is 0 Å². The molecule has 0 fully saturated rings. The number of halogens is 1. The summed E-state index contributed by atoms with van der Waals surface area (Å²) in [5.74, 6) is 0.193. The summed E-state index contributed by atoms with van der Waals surface area (Å²) in [4.78, 5) is 3.97. The number of pyridine rings is 1. The quantitative estimate of drug-likeness (QED) is 0.845. The molecule has 0 aliphatic carbocycles. The fourth-order valence-corrected chi connectivity index (χ4v) is 1.63. The van der Waals surface area contributed by atoms with Crippen molar-refractivity contribution in [1.29, 1.82) is 0 Å². The molecule has 7 heteroatoms. The zero-order valence-electron chi connectivity index (χ0n) is 9.18. The highest BCUT2D eigenvalue weighted by Crippen LogP contribution is 2.14. The molecule has 0 saturated carbocycles. The van der Waals surface area contributed by atoms with Crippen LogP contribution in [-0.2, 0) is 11.3 Å². The smallest absolute Gasteiger partial charge is 0.195 e. The Morgan fingerprint density at radius 1 is 1.53 bits per heavy atom. The predicted octanol–water partition coefficient (Wildman–Crippen LogP) is 1.79. The van der Waals surface area contributed by atoms with Crippen molar-refractivity contribution in [1.82, 2.24) is 19.7 Å². The summed E-state index contributed by atoms with van der Waals surface area (Å²) in [7, 11) is 1.61. The molecule has 0 spiro atoms. The first-order valence-corrected chi connectivity index (χ1v) is 5.39. The molecule has 0 aliphatic heterocycles. The van der Waals surface area contributed by atoms with Gasteiger partial charge in [0.15, 0.2) is 10.6 Å². The maximum Gasteiger partial charge on any atom is 0.195 e. The molecule has 90 valence electrons. The first-order valence-electron chi connectivity index (χ1n) is 4.98. The monoisotopic (exact) mass is 254 g/mol. The molecule has 0 atom stereocenters. The maximum absolute atomic E-state index is 12.8. The molecule has 17 heavy (non-hydrogen) atoms. The van der Waals surface area contributed by atoms with E-state index in [2.05, 4.69) is 15.2 Å². The third-order valence-electron chi connectivity index (χ3n) is 2.23. The molecule has 0 radical (unpaired) electrons. The first-order chi connectivity index (χ1) is 8.22. The molecule has 1 N–H and O–H groups in total. The standard InChI is InChI=1S/C10H11FN4OS/c1-16-5-4-15-9(13-14-10(15)17)8-3-2-7(11)6-12-8/h2-3,6H,4-5H2,1H3,(H,14,17). The Morgan fingerprint density at radius 3 is 3.00 bits per heavy atom. The van der Waals surface area contributed by atoms with Crippen LogP contribution in [0.1, 0.15) is 0 Å². The lowest BCUT2D eigenvalue weighted by atomic mass is 10.3. The van der Waals surface area contributed by atoms with Crippen molar-refractivity contribution in [3.05, 3.63) is 28.9 Å². The largest absolute Gasteiger partial charge is 0.383 e. The summed E-state index contributed by atoms with van der Waals surface area (Å²) < 4.78 is 20.0. The minimum Gasteiger partial charge on any atom is -0.383 e. The van der Waals surface area contributed by atoms with Crippen LogP contribution in [0.5, 0.6) is 0 Å². The average molecular weight is 254 g/mol. The summed E-state index contributed by atoms with van der Waals surface area (Å²) in [5, 5.41) is 6.76. The van der Waals surface area contributed by atoms with E-state index in [1.165, 1.54) is 6.07 Å². The van der Waals surface area contributed by atoms with E-state index >= 15 is 0 Å². The van der Waals surface area contributed by atoms with Crippen molar-refractivity contribution in [2.75, 3.05) is 13.7 Å². The van der Waals surface area contributed by atoms with E-state index in [-0.39, 0.29) is 5.82 Å². The first kappa shape index (κ1) is 11.9. The molecule has 2 aromatic rings. The van der Waals surface area contributed by atoms with Crippen LogP contribution in [0.15, 0.2) is 18.3 Å². The summed E-state index contributed by atoms with van der Waals surface area (Å²) in [5.41, 5.74) is 0.565. The number of methoxy groups -OCH3 is 1. The molecule has 2 rings (SSSR count). The Labute approximate surface area is 102 Å². The van der Waals surface area contributed by atoms with E-state index < -0.39 is 0 Å². The van der Waals surface area contributed by atoms with Gasteiger partial charge < -0.3 is 4.74 Å². The summed E-state index contributed by atoms with van der Waals surface area (Å²) in [6.45, 7) is 1.09. The number of H-pyrrole nitrogens is 1. The lowest BCUT2D eigenvalue weighted by Crippen LogP contribution is -2.06. The topological polar surface area (TPSA) is 55.7 Å². The van der Waals surface area contributed by atoms with Crippen molar-refractivity contribution in [2.45, 2.75) is 6.54 Å². The third-order valence-corrected chi connectivity index (χ3v) is 2.55. The van der Waals surface area contributed by atoms with E-state index in [0.29, 0.717) is 29.4 Å². The predicted molar refractivity (Wildman–Crippen MR) is 62.5 cm³/mol. The molecule has 5 nitrogen and oxygen atoms in total. The van der Waals surface area contributed by atoms with Gasteiger partial charge in [-0.2, -0.15) is 5.10 Å². The number of aromatic amines is 1. The van der Waals surface area contributed by atoms with Crippen molar-refractivity contribution in [3.63, 3.8) is 0 Å². The van der Waals surface area contributed by atoms with Gasteiger partial charge in [0.05, 0.1) is 19.3 Å². The molecule has 0 aromatic carbocycles. The second-order valence-electron chi connectivity index (χ2n) is 3.36. The molecule has 2 heterocycles. The van der Waals surface area contributed by atoms with E-state index in [4.69, 9.17) is 17.0 Å². The van der Waals surface area contributed by atoms with Crippen LogP contribution in [-0.4, -0.2) is 33.5 Å². The molecule has 0 amide bonds. The summed E-state index contributed by atoms with van der Waals surface area (Å²) >= 11 is 5.10. The van der Waals surface area contributed by atoms with Gasteiger partial charge in [-0.15, -0.1) is 0 Å². The second kappa shape index (κ2) is 5.15. The number of rotatable bonds is 4. The van der Waals surface area contributed by atoms with Gasteiger partial charge in [-0.1, -0.05) is 0 Å². The van der Waals surface area contributed by atoms with E-state index in [1.807, 2.05) is 0 Å². The lowest BCUT2D eigenvalue weighted by molar-refractivity contribution is 0.187. The minimum absolute atomic E-state index is 0.383. The number of aromatic nitrogens is 4. The lowest BCUT2D eigenvalue weighted by Gasteiger charge is -2.05. The van der Waals surface area contributed by atoms with Crippen LogP contribution in [0.25, 0.3) is 11.5 Å². The van der Waals surface area contributed by atoms with Gasteiger partial charge in [0, 0.05) is 7.11 Å². The Kier molecular flexibility index (Phi) is 3.60. The third kappa shape index (κ3) is 2.56. The van der Waals surface area contributed by atoms with Gasteiger partial charge in [0.25, 0.3) is 0 Å². The summed E-state index contributed by atoms with van der Waals surface area (Å²) in [6, 6.07) is 2.89. The second-order valence-corrected chi connectivity index (χ2v) is 3.75. The van der Waals surface area contributed by atoms with Gasteiger partial charge in [0.1, 0.15) is 11.5 Å². The van der Waals surface area contributed by atoms with Gasteiger partial charge in [-0.25, -0.2) is 9.37 Å². The maximum atomic E-state index is 12.8. The van der Waals surface area contributed by atoms with Crippen molar-refractivity contribution in [3.8, 4) is 11.5 Å². The molecule has 2 aromatic heterocycles. The zero-order valence-corrected chi connectivity index (χ0v) is 10.00. The zero-order chi connectivity index (χ0) is 12.3. The Bertz CT molecular complexity index is 548. The van der Waals surface area contributed by atoms with Gasteiger partial charge >= 0.3 is 0 Å². The SMILES string of the molecule is COCCn1c(-c2ccc(F)cn2)n[nH]c1=S. The molecule has 0 aliphatic rings. The molecule has 0 bridgehead atoms. The van der Waals surface area contributed by atoms with Crippen LogP contribution >= 0.6 is 12.2 Å². The van der Waals surface area contributed by atoms with Crippen LogP contribution in [0, 0.1) is 10.6 Å². The highest BCUT2D eigenvalue weighted by Gasteiger charge is 2.09. The normalized spacial score (nSPS) is 10.7. The Balaban J connectivity index is 2.38. The van der Waals surface area contributed by atoms with Gasteiger partial charge in [-0.05, 0) is 24.4 Å². The summed E-state index contributed by atoms with van der Waals surface area (Å²) in [6.07, 6.45) is 1.15. The van der Waals surface area contributed by atoms with Crippen LogP contribution in [0.4, 0.5) is 4.39 Å². The average Bonchev–Trinajstić information content (AvgIpc) is 2.69. The van der Waals surface area contributed by atoms with Crippen molar-refractivity contribution >= 4 is 12.2 Å². The van der Waals surface area contributed by atoms with E-state index in [0.717, 1.165) is 6.20 Å². The molecule has 0 unspecified atom stereocenters. The minimum atomic E-state index is -0.383. The highest BCUT2D eigenvalue weighted by atomic mass is 32.1. The van der Waals surface area contributed by atoms with Crippen LogP contribution < -0.4 is 0 Å². The number of ether oxygens (including phenoxy) is 1.